The Labute approximate surface area is 190 Å². The average Bonchev–Trinajstić information content (AvgIpc) is 3.48. The number of benzene rings is 2. The first-order valence-corrected chi connectivity index (χ1v) is 11.6. The molecule has 2 aromatic heterocycles. The Morgan fingerprint density at radius 1 is 1.16 bits per heavy atom. The summed E-state index contributed by atoms with van der Waals surface area (Å²) in [5, 5.41) is 7.70. The normalized spacial score (nSPS) is 15.0. The molecule has 6 nitrogen and oxygen atoms in total. The average molecular weight is 445 g/mol. The fourth-order valence-corrected chi connectivity index (χ4v) is 5.23. The minimum Gasteiger partial charge on any atom is -0.361 e. The summed E-state index contributed by atoms with van der Waals surface area (Å²) in [7, 11) is 0. The van der Waals surface area contributed by atoms with E-state index in [0.29, 0.717) is 17.2 Å². The summed E-state index contributed by atoms with van der Waals surface area (Å²) in [5.74, 6) is -0.434. The quantitative estimate of drug-likeness (QED) is 0.407. The Morgan fingerprint density at radius 3 is 2.81 bits per heavy atom. The fourth-order valence-electron chi connectivity index (χ4n) is 4.19. The lowest BCUT2D eigenvalue weighted by Crippen LogP contribution is -2.30. The van der Waals surface area contributed by atoms with Crippen molar-refractivity contribution in [2.24, 2.45) is 0 Å². The molecule has 0 spiro atoms. The zero-order chi connectivity index (χ0) is 22.1. The molecule has 0 unspecified atom stereocenters. The van der Waals surface area contributed by atoms with Crippen LogP contribution < -0.4 is 10.6 Å². The lowest BCUT2D eigenvalue weighted by atomic mass is 10.1. The zero-order valence-corrected chi connectivity index (χ0v) is 18.6. The van der Waals surface area contributed by atoms with E-state index < -0.39 is 0 Å². The number of nitrogens with one attached hydrogen (secondary N) is 3. The van der Waals surface area contributed by atoms with Crippen molar-refractivity contribution in [1.29, 1.82) is 0 Å². The van der Waals surface area contributed by atoms with Crippen molar-refractivity contribution < 1.29 is 9.59 Å². The van der Waals surface area contributed by atoms with E-state index in [2.05, 4.69) is 32.7 Å². The maximum Gasteiger partial charge on any atom is 0.257 e. The lowest BCUT2D eigenvalue weighted by molar-refractivity contribution is -0.122. The maximum atomic E-state index is 12.8. The third kappa shape index (κ3) is 4.03. The van der Waals surface area contributed by atoms with Crippen LogP contribution in [-0.4, -0.2) is 28.3 Å². The largest absolute Gasteiger partial charge is 0.361 e. The van der Waals surface area contributed by atoms with Gasteiger partial charge in [-0.05, 0) is 49.9 Å². The van der Waals surface area contributed by atoms with Gasteiger partial charge in [-0.25, -0.2) is 4.98 Å². The lowest BCUT2D eigenvalue weighted by Gasteiger charge is -2.10. The number of carbonyl (C=O) groups is 2. The number of anilines is 1. The molecule has 1 aliphatic rings. The van der Waals surface area contributed by atoms with E-state index in [0.717, 1.165) is 40.9 Å². The van der Waals surface area contributed by atoms with Gasteiger partial charge in [0.15, 0.2) is 5.13 Å². The van der Waals surface area contributed by atoms with Crippen molar-refractivity contribution in [2.45, 2.75) is 32.1 Å². The van der Waals surface area contributed by atoms with Crippen LogP contribution in [0, 0.1) is 6.92 Å². The molecule has 2 amide bonds. The van der Waals surface area contributed by atoms with Gasteiger partial charge < -0.3 is 10.3 Å². The zero-order valence-electron chi connectivity index (χ0n) is 17.8. The minimum atomic E-state index is -0.255. The van der Waals surface area contributed by atoms with Crippen LogP contribution in [0.4, 0.5) is 5.13 Å². The Morgan fingerprint density at radius 2 is 1.97 bits per heavy atom. The Hall–Kier alpha value is -3.45. The van der Waals surface area contributed by atoms with Gasteiger partial charge in [-0.15, -0.1) is 11.3 Å². The second-order valence-corrected chi connectivity index (χ2v) is 9.22. The molecule has 4 aromatic rings. The van der Waals surface area contributed by atoms with Crippen molar-refractivity contribution in [1.82, 2.24) is 15.3 Å². The van der Waals surface area contributed by atoms with Crippen LogP contribution >= 0.6 is 11.3 Å². The predicted molar refractivity (Wildman–Crippen MR) is 127 cm³/mol. The van der Waals surface area contributed by atoms with Crippen molar-refractivity contribution in [3.05, 3.63) is 82.0 Å². The molecule has 32 heavy (non-hydrogen) atoms. The number of carbonyl (C=O) groups excluding carboxylic acids is 2. The third-order valence-electron chi connectivity index (χ3n) is 5.94. The number of thiazole rings is 1. The first-order valence-electron chi connectivity index (χ1n) is 10.8. The molecule has 2 heterocycles. The highest BCUT2D eigenvalue weighted by atomic mass is 32.1. The number of hydrogen-bond donors (Lipinski definition) is 3. The molecule has 0 fully saturated rings. The second kappa shape index (κ2) is 8.59. The van der Waals surface area contributed by atoms with Crippen molar-refractivity contribution in [2.75, 3.05) is 11.9 Å². The minimum absolute atomic E-state index is 0.00491. The van der Waals surface area contributed by atoms with E-state index in [-0.39, 0.29) is 17.7 Å². The van der Waals surface area contributed by atoms with Crippen LogP contribution in [0.5, 0.6) is 0 Å². The van der Waals surface area contributed by atoms with Crippen LogP contribution in [0.2, 0.25) is 0 Å². The Balaban J connectivity index is 1.20. The van der Waals surface area contributed by atoms with Gasteiger partial charge in [-0.2, -0.15) is 0 Å². The number of nitrogens with zero attached hydrogens (tertiary/aromatic N) is 1. The van der Waals surface area contributed by atoms with Gasteiger partial charge in [0.25, 0.3) is 5.91 Å². The first kappa shape index (κ1) is 20.5. The molecule has 0 aliphatic heterocycles. The monoisotopic (exact) mass is 444 g/mol. The van der Waals surface area contributed by atoms with Crippen LogP contribution in [0.3, 0.4) is 0 Å². The topological polar surface area (TPSA) is 86.9 Å². The molecular formula is C25H24N4O2S. The summed E-state index contributed by atoms with van der Waals surface area (Å²) in [6.07, 6.45) is 4.35. The number of fused-ring (bicyclic) bond motifs is 2. The molecule has 0 saturated carbocycles. The van der Waals surface area contributed by atoms with Crippen LogP contribution in [0.15, 0.2) is 54.7 Å². The van der Waals surface area contributed by atoms with Crippen molar-refractivity contribution in [3.8, 4) is 0 Å². The molecule has 162 valence electrons. The highest BCUT2D eigenvalue weighted by Gasteiger charge is 2.32. The standard InChI is InChI=1S/C25H24N4O2S/c1-15-6-8-16(9-7-15)23(30)29-25-28-22-19(10-11-21(22)32-25)24(31)26-13-12-17-14-27-20-5-3-2-4-18(17)20/h2-9,14,19,27H,10-13H2,1H3,(H,26,31)(H,28,29,30)/t19-/m1/s1. The van der Waals surface area contributed by atoms with E-state index in [9.17, 15) is 9.59 Å². The van der Waals surface area contributed by atoms with Crippen LogP contribution in [0.1, 0.15) is 44.4 Å². The highest BCUT2D eigenvalue weighted by molar-refractivity contribution is 7.16. The number of hydrogen-bond acceptors (Lipinski definition) is 4. The molecule has 5 rings (SSSR count). The summed E-state index contributed by atoms with van der Waals surface area (Å²) >= 11 is 1.47. The molecule has 0 saturated heterocycles. The van der Waals surface area contributed by atoms with Crippen LogP contribution in [0.25, 0.3) is 10.9 Å². The number of amides is 2. The number of H-pyrrole nitrogens is 1. The summed E-state index contributed by atoms with van der Waals surface area (Å²) < 4.78 is 0. The van der Waals surface area contributed by atoms with Gasteiger partial charge >= 0.3 is 0 Å². The van der Waals surface area contributed by atoms with Gasteiger partial charge in [0.05, 0.1) is 11.6 Å². The number of rotatable bonds is 6. The number of para-hydroxylation sites is 1. The van der Waals surface area contributed by atoms with Gasteiger partial charge in [0.2, 0.25) is 5.91 Å². The van der Waals surface area contributed by atoms with Crippen molar-refractivity contribution >= 4 is 39.2 Å². The maximum absolute atomic E-state index is 12.8. The number of aryl methyl sites for hydroxylation is 2. The smallest absolute Gasteiger partial charge is 0.257 e. The number of aromatic nitrogens is 2. The Kier molecular flexibility index (Phi) is 5.49. The summed E-state index contributed by atoms with van der Waals surface area (Å²) in [6.45, 7) is 2.56. The van der Waals surface area contributed by atoms with E-state index in [1.54, 1.807) is 12.1 Å². The summed E-state index contributed by atoms with van der Waals surface area (Å²) in [6, 6.07) is 15.6. The predicted octanol–water partition coefficient (Wildman–Crippen LogP) is 4.57. The number of aromatic amines is 1. The molecule has 0 radical (unpaired) electrons. The van der Waals surface area contributed by atoms with Crippen LogP contribution in [-0.2, 0) is 17.6 Å². The third-order valence-corrected chi connectivity index (χ3v) is 6.98. The summed E-state index contributed by atoms with van der Waals surface area (Å²) in [5.41, 5.74) is 4.81. The van der Waals surface area contributed by atoms with Gasteiger partial charge in [-0.3, -0.25) is 14.9 Å². The molecule has 1 atom stereocenters. The second-order valence-electron chi connectivity index (χ2n) is 8.14. The van der Waals surface area contributed by atoms with E-state index in [4.69, 9.17) is 0 Å². The van der Waals surface area contributed by atoms with E-state index in [1.807, 2.05) is 37.4 Å². The van der Waals surface area contributed by atoms with Gasteiger partial charge in [0, 0.05) is 34.1 Å². The first-order chi connectivity index (χ1) is 15.6. The summed E-state index contributed by atoms with van der Waals surface area (Å²) in [4.78, 5) is 34.3. The molecular weight excluding hydrogens is 420 g/mol. The highest BCUT2D eigenvalue weighted by Crippen LogP contribution is 2.38. The van der Waals surface area contributed by atoms with Gasteiger partial charge in [-0.1, -0.05) is 35.9 Å². The molecule has 2 aromatic carbocycles. The van der Waals surface area contributed by atoms with Gasteiger partial charge in [0.1, 0.15) is 0 Å². The van der Waals surface area contributed by atoms with E-state index >= 15 is 0 Å². The van der Waals surface area contributed by atoms with Crippen molar-refractivity contribution in [3.63, 3.8) is 0 Å². The Bertz CT molecular complexity index is 1290. The van der Waals surface area contributed by atoms with E-state index in [1.165, 1.54) is 22.3 Å². The molecule has 0 bridgehead atoms. The SMILES string of the molecule is Cc1ccc(C(=O)Nc2nc3c(s2)CC[C@H]3C(=O)NCCc2c[nH]c3ccccc23)cc1. The fraction of sp³-hybridized carbons (Fsp3) is 0.240. The molecule has 1 aliphatic carbocycles. The molecule has 3 N–H and O–H groups in total. The molecule has 7 heteroatoms.